The summed E-state index contributed by atoms with van der Waals surface area (Å²) in [6, 6.07) is 5.10. The molecule has 0 bridgehead atoms. The lowest BCUT2D eigenvalue weighted by Crippen LogP contribution is -2.48. The summed E-state index contributed by atoms with van der Waals surface area (Å²) in [5, 5.41) is 21.6. The lowest BCUT2D eigenvalue weighted by molar-refractivity contribution is -0.138. The van der Waals surface area contributed by atoms with Gasteiger partial charge in [0.05, 0.1) is 18.1 Å². The quantitative estimate of drug-likeness (QED) is 0.678. The summed E-state index contributed by atoms with van der Waals surface area (Å²) in [4.78, 5) is 36.4. The SMILES string of the molecule is COc1cccc2c1C(O)=C(C(=O)NCC(=O)O)C(=O)C21CCOCC1. The number of hydrogen-bond acceptors (Lipinski definition) is 6. The van der Waals surface area contributed by atoms with E-state index in [-0.39, 0.29) is 5.56 Å². The van der Waals surface area contributed by atoms with E-state index in [0.717, 1.165) is 0 Å². The third-order valence-electron chi connectivity index (χ3n) is 4.87. The highest BCUT2D eigenvalue weighted by Gasteiger charge is 2.50. The van der Waals surface area contributed by atoms with E-state index in [1.807, 2.05) is 0 Å². The zero-order valence-corrected chi connectivity index (χ0v) is 14.2. The van der Waals surface area contributed by atoms with E-state index in [1.54, 1.807) is 18.2 Å². The Kier molecular flexibility index (Phi) is 4.69. The number of nitrogens with one attached hydrogen (secondary N) is 1. The van der Waals surface area contributed by atoms with Crippen LogP contribution in [0.5, 0.6) is 5.75 Å². The van der Waals surface area contributed by atoms with Crippen molar-refractivity contribution in [2.24, 2.45) is 0 Å². The van der Waals surface area contributed by atoms with Crippen molar-refractivity contribution in [1.82, 2.24) is 5.32 Å². The first-order valence-corrected chi connectivity index (χ1v) is 8.16. The number of rotatable bonds is 4. The number of hydrogen-bond donors (Lipinski definition) is 3. The fraction of sp³-hybridized carbons (Fsp3) is 0.389. The molecule has 1 aliphatic heterocycles. The fourth-order valence-corrected chi connectivity index (χ4v) is 3.61. The number of methoxy groups -OCH3 is 1. The van der Waals surface area contributed by atoms with Gasteiger partial charge in [0.15, 0.2) is 5.78 Å². The highest BCUT2D eigenvalue weighted by atomic mass is 16.5. The van der Waals surface area contributed by atoms with Gasteiger partial charge in [-0.15, -0.1) is 0 Å². The molecule has 1 aromatic carbocycles. The predicted octanol–water partition coefficient (Wildman–Crippen LogP) is 0.796. The summed E-state index contributed by atoms with van der Waals surface area (Å²) in [6.45, 7) is 0.0259. The van der Waals surface area contributed by atoms with Gasteiger partial charge in [-0.1, -0.05) is 12.1 Å². The largest absolute Gasteiger partial charge is 0.506 e. The second kappa shape index (κ2) is 6.80. The zero-order valence-electron chi connectivity index (χ0n) is 14.2. The Hall–Kier alpha value is -2.87. The zero-order chi connectivity index (χ0) is 18.9. The first-order chi connectivity index (χ1) is 12.4. The maximum atomic E-state index is 13.2. The number of aliphatic carboxylic acids is 1. The second-order valence-electron chi connectivity index (χ2n) is 6.21. The number of carbonyl (C=O) groups excluding carboxylic acids is 2. The summed E-state index contributed by atoms with van der Waals surface area (Å²) in [5.74, 6) is -2.86. The van der Waals surface area contributed by atoms with Crippen LogP contribution in [0.2, 0.25) is 0 Å². The van der Waals surface area contributed by atoms with Gasteiger partial charge in [-0.25, -0.2) is 0 Å². The van der Waals surface area contributed by atoms with Crippen LogP contribution in [-0.2, 0) is 24.5 Å². The minimum atomic E-state index is -1.25. The molecule has 1 aromatic rings. The monoisotopic (exact) mass is 361 g/mol. The van der Waals surface area contributed by atoms with Gasteiger partial charge in [-0.2, -0.15) is 0 Å². The van der Waals surface area contributed by atoms with Crippen LogP contribution in [0.3, 0.4) is 0 Å². The molecule has 3 rings (SSSR count). The maximum Gasteiger partial charge on any atom is 0.322 e. The van der Waals surface area contributed by atoms with Gasteiger partial charge in [-0.05, 0) is 24.5 Å². The average molecular weight is 361 g/mol. The van der Waals surface area contributed by atoms with Crippen molar-refractivity contribution < 1.29 is 34.1 Å². The minimum Gasteiger partial charge on any atom is -0.506 e. The van der Waals surface area contributed by atoms with Crippen molar-refractivity contribution >= 4 is 23.4 Å². The highest BCUT2D eigenvalue weighted by Crippen LogP contribution is 2.48. The Morgan fingerprint density at radius 1 is 1.31 bits per heavy atom. The molecule has 3 N–H and O–H groups in total. The Labute approximate surface area is 149 Å². The number of carboxylic acids is 1. The van der Waals surface area contributed by atoms with Crippen LogP contribution < -0.4 is 10.1 Å². The Balaban J connectivity index is 2.18. The van der Waals surface area contributed by atoms with Crippen LogP contribution in [-0.4, -0.2) is 54.7 Å². The standard InChI is InChI=1S/C18H19NO7/c1-25-11-4-2-3-10-13(11)15(22)14(17(24)19-9-12(20)21)16(23)18(10)5-7-26-8-6-18/h2-4,22H,5-9H2,1H3,(H,19,24)(H,20,21). The van der Waals surface area contributed by atoms with Gasteiger partial charge in [-0.3, -0.25) is 14.4 Å². The van der Waals surface area contributed by atoms with Crippen molar-refractivity contribution in [3.8, 4) is 5.75 Å². The number of aliphatic hydroxyl groups is 1. The van der Waals surface area contributed by atoms with E-state index in [0.29, 0.717) is 37.4 Å². The maximum absolute atomic E-state index is 13.2. The molecule has 1 heterocycles. The third-order valence-corrected chi connectivity index (χ3v) is 4.87. The van der Waals surface area contributed by atoms with E-state index in [1.165, 1.54) is 7.11 Å². The molecule has 0 atom stereocenters. The van der Waals surface area contributed by atoms with E-state index >= 15 is 0 Å². The van der Waals surface area contributed by atoms with E-state index < -0.39 is 41.0 Å². The molecule has 2 aliphatic rings. The van der Waals surface area contributed by atoms with Crippen molar-refractivity contribution in [3.05, 3.63) is 34.9 Å². The van der Waals surface area contributed by atoms with Crippen molar-refractivity contribution in [1.29, 1.82) is 0 Å². The topological polar surface area (TPSA) is 122 Å². The van der Waals surface area contributed by atoms with E-state index in [9.17, 15) is 19.5 Å². The molecule has 1 fully saturated rings. The number of Topliss-reactive ketones (excluding diaryl/α,β-unsaturated/α-hetero) is 1. The minimum absolute atomic E-state index is 0.289. The Morgan fingerprint density at radius 2 is 2.00 bits per heavy atom. The molecule has 1 spiro atoms. The number of amides is 1. The fourth-order valence-electron chi connectivity index (χ4n) is 3.61. The summed E-state index contributed by atoms with van der Waals surface area (Å²) < 4.78 is 10.7. The molecule has 0 aromatic heterocycles. The Bertz CT molecular complexity index is 806. The summed E-state index contributed by atoms with van der Waals surface area (Å²) in [6.07, 6.45) is 0.712. The molecule has 1 aliphatic carbocycles. The molecule has 0 saturated carbocycles. The van der Waals surface area contributed by atoms with E-state index in [2.05, 4.69) is 5.32 Å². The molecule has 8 nitrogen and oxygen atoms in total. The lowest BCUT2D eigenvalue weighted by atomic mass is 9.64. The first-order valence-electron chi connectivity index (χ1n) is 8.16. The molecule has 0 radical (unpaired) electrons. The second-order valence-corrected chi connectivity index (χ2v) is 6.21. The highest BCUT2D eigenvalue weighted by molar-refractivity contribution is 6.28. The first kappa shape index (κ1) is 17.9. The van der Waals surface area contributed by atoms with E-state index in [4.69, 9.17) is 14.6 Å². The van der Waals surface area contributed by atoms with Gasteiger partial charge in [0.1, 0.15) is 23.6 Å². The summed E-state index contributed by atoms with van der Waals surface area (Å²) in [5.41, 5.74) is -0.566. The number of ether oxygens (including phenoxy) is 2. The van der Waals surface area contributed by atoms with Gasteiger partial charge < -0.3 is 25.0 Å². The molecule has 8 heteroatoms. The molecule has 0 unspecified atom stereocenters. The number of carbonyl (C=O) groups is 3. The number of fused-ring (bicyclic) bond motifs is 2. The van der Waals surface area contributed by atoms with Gasteiger partial charge in [0.2, 0.25) is 0 Å². The lowest BCUT2D eigenvalue weighted by Gasteiger charge is -2.40. The Morgan fingerprint density at radius 3 is 2.62 bits per heavy atom. The normalized spacial score (nSPS) is 18.4. The molecule has 138 valence electrons. The third kappa shape index (κ3) is 2.72. The predicted molar refractivity (Wildman–Crippen MR) is 89.9 cm³/mol. The number of ketones is 1. The number of benzene rings is 1. The molecular formula is C18H19NO7. The average Bonchev–Trinajstić information content (AvgIpc) is 2.65. The van der Waals surface area contributed by atoms with Crippen molar-refractivity contribution in [2.75, 3.05) is 26.9 Å². The molecular weight excluding hydrogens is 342 g/mol. The van der Waals surface area contributed by atoms with Crippen LogP contribution >= 0.6 is 0 Å². The molecule has 1 amide bonds. The smallest absolute Gasteiger partial charge is 0.322 e. The summed E-state index contributed by atoms with van der Waals surface area (Å²) >= 11 is 0. The van der Waals surface area contributed by atoms with Crippen LogP contribution in [0.4, 0.5) is 0 Å². The van der Waals surface area contributed by atoms with Crippen molar-refractivity contribution in [2.45, 2.75) is 18.3 Å². The number of carboxylic acid groups (broad SMARTS) is 1. The number of aliphatic hydroxyl groups excluding tert-OH is 1. The van der Waals surface area contributed by atoms with Crippen LogP contribution in [0, 0.1) is 0 Å². The van der Waals surface area contributed by atoms with Crippen molar-refractivity contribution in [3.63, 3.8) is 0 Å². The van der Waals surface area contributed by atoms with Crippen LogP contribution in [0.25, 0.3) is 5.76 Å². The van der Waals surface area contributed by atoms with Gasteiger partial charge >= 0.3 is 5.97 Å². The van der Waals surface area contributed by atoms with Crippen LogP contribution in [0.15, 0.2) is 23.8 Å². The molecule has 1 saturated heterocycles. The molecule has 26 heavy (non-hydrogen) atoms. The van der Waals surface area contributed by atoms with Crippen LogP contribution in [0.1, 0.15) is 24.0 Å². The van der Waals surface area contributed by atoms with Gasteiger partial charge in [0.25, 0.3) is 5.91 Å². The van der Waals surface area contributed by atoms with Gasteiger partial charge in [0, 0.05) is 13.2 Å². The summed E-state index contributed by atoms with van der Waals surface area (Å²) in [7, 11) is 1.43.